The van der Waals surface area contributed by atoms with E-state index in [1.807, 2.05) is 0 Å². The molecule has 0 aromatic carbocycles. The van der Waals surface area contributed by atoms with Crippen molar-refractivity contribution in [2.75, 3.05) is 39.5 Å². The number of carbonyl (C=O) groups excluding carboxylic acids is 5. The molecule has 0 radical (unpaired) electrons. The summed E-state index contributed by atoms with van der Waals surface area (Å²) in [5.41, 5.74) is 5.28. The van der Waals surface area contributed by atoms with E-state index in [4.69, 9.17) is 15.2 Å². The van der Waals surface area contributed by atoms with E-state index in [2.05, 4.69) is 15.5 Å². The Balaban J connectivity index is 2.34. The van der Waals surface area contributed by atoms with Crippen LogP contribution in [0, 0.1) is 5.92 Å². The van der Waals surface area contributed by atoms with Gasteiger partial charge >= 0.3 is 5.97 Å². The molecule has 1 rings (SSSR count). The number of carbonyl (C=O) groups is 5. The van der Waals surface area contributed by atoms with Gasteiger partial charge in [-0.2, -0.15) is 0 Å². The standard InChI is InChI=1S/C18H30N4O8/c1-12(2)17(21-13(23)5-7-28-9-10-29-8-6-19)18(27)20-11-16(26)30-22-14(24)3-4-15(22)25/h12,17H,3-11,19H2,1-2H3,(H,20,27)(H,21,23). The number of ether oxygens (including phenoxy) is 2. The van der Waals surface area contributed by atoms with Gasteiger partial charge in [0.15, 0.2) is 0 Å². The normalized spacial score (nSPS) is 14.7. The van der Waals surface area contributed by atoms with Gasteiger partial charge in [-0.1, -0.05) is 13.8 Å². The molecule has 30 heavy (non-hydrogen) atoms. The maximum atomic E-state index is 12.3. The fraction of sp³-hybridized carbons (Fsp3) is 0.722. The lowest BCUT2D eigenvalue weighted by Crippen LogP contribution is -2.51. The van der Waals surface area contributed by atoms with Crippen LogP contribution in [0.25, 0.3) is 0 Å². The summed E-state index contributed by atoms with van der Waals surface area (Å²) in [5.74, 6) is -3.42. The molecule has 0 spiro atoms. The number of hydroxylamine groups is 2. The van der Waals surface area contributed by atoms with E-state index in [9.17, 15) is 24.0 Å². The van der Waals surface area contributed by atoms with E-state index in [0.717, 1.165) is 0 Å². The zero-order valence-electron chi connectivity index (χ0n) is 17.3. The molecule has 4 N–H and O–H groups in total. The Morgan fingerprint density at radius 1 is 1.03 bits per heavy atom. The van der Waals surface area contributed by atoms with Gasteiger partial charge in [-0.25, -0.2) is 4.79 Å². The van der Waals surface area contributed by atoms with E-state index in [1.165, 1.54) is 0 Å². The molecule has 4 amide bonds. The second kappa shape index (κ2) is 13.6. The molecule has 1 atom stereocenters. The Kier molecular flexibility index (Phi) is 11.6. The monoisotopic (exact) mass is 430 g/mol. The van der Waals surface area contributed by atoms with Crippen molar-refractivity contribution < 1.29 is 38.3 Å². The predicted octanol–water partition coefficient (Wildman–Crippen LogP) is -1.77. The van der Waals surface area contributed by atoms with Crippen molar-refractivity contribution in [1.29, 1.82) is 0 Å². The van der Waals surface area contributed by atoms with Crippen molar-refractivity contribution in [1.82, 2.24) is 15.7 Å². The average molecular weight is 430 g/mol. The highest BCUT2D eigenvalue weighted by Crippen LogP contribution is 2.11. The van der Waals surface area contributed by atoms with Crippen molar-refractivity contribution in [3.05, 3.63) is 0 Å². The Bertz CT molecular complexity index is 609. The van der Waals surface area contributed by atoms with Crippen LogP contribution in [0.5, 0.6) is 0 Å². The van der Waals surface area contributed by atoms with E-state index in [-0.39, 0.29) is 37.7 Å². The van der Waals surface area contributed by atoms with Crippen molar-refractivity contribution in [3.8, 4) is 0 Å². The molecule has 0 bridgehead atoms. The minimum absolute atomic E-state index is 0.0234. The molecule has 12 nitrogen and oxygen atoms in total. The van der Waals surface area contributed by atoms with Crippen molar-refractivity contribution >= 4 is 29.6 Å². The molecule has 1 saturated heterocycles. The highest BCUT2D eigenvalue weighted by atomic mass is 16.7. The molecule has 170 valence electrons. The first-order valence-corrected chi connectivity index (χ1v) is 9.75. The third kappa shape index (κ3) is 9.29. The number of imide groups is 1. The van der Waals surface area contributed by atoms with Gasteiger partial charge in [0.2, 0.25) is 11.8 Å². The Morgan fingerprint density at radius 3 is 2.20 bits per heavy atom. The minimum Gasteiger partial charge on any atom is -0.379 e. The van der Waals surface area contributed by atoms with Gasteiger partial charge in [0.25, 0.3) is 11.8 Å². The Morgan fingerprint density at radius 2 is 1.63 bits per heavy atom. The number of rotatable bonds is 14. The molecule has 1 unspecified atom stereocenters. The number of nitrogens with two attached hydrogens (primary N) is 1. The van der Waals surface area contributed by atoms with Gasteiger partial charge in [0.1, 0.15) is 12.6 Å². The first-order valence-electron chi connectivity index (χ1n) is 9.75. The largest absolute Gasteiger partial charge is 0.379 e. The number of nitrogens with one attached hydrogen (secondary N) is 2. The molecule has 1 aliphatic heterocycles. The molecule has 12 heteroatoms. The predicted molar refractivity (Wildman–Crippen MR) is 102 cm³/mol. The van der Waals surface area contributed by atoms with E-state index in [0.29, 0.717) is 31.4 Å². The highest BCUT2D eigenvalue weighted by molar-refractivity contribution is 6.01. The van der Waals surface area contributed by atoms with E-state index >= 15 is 0 Å². The van der Waals surface area contributed by atoms with E-state index in [1.54, 1.807) is 13.8 Å². The van der Waals surface area contributed by atoms with Crippen molar-refractivity contribution in [2.45, 2.75) is 39.2 Å². The lowest BCUT2D eigenvalue weighted by atomic mass is 10.0. The van der Waals surface area contributed by atoms with Crippen molar-refractivity contribution in [3.63, 3.8) is 0 Å². The highest BCUT2D eigenvalue weighted by Gasteiger charge is 2.33. The van der Waals surface area contributed by atoms with Gasteiger partial charge in [0.05, 0.1) is 26.4 Å². The number of nitrogens with zero attached hydrogens (tertiary/aromatic N) is 1. The van der Waals surface area contributed by atoms with Crippen LogP contribution in [0.3, 0.4) is 0 Å². The molecular formula is C18H30N4O8. The summed E-state index contributed by atoms with van der Waals surface area (Å²) in [6.07, 6.45) is 0.00332. The summed E-state index contributed by atoms with van der Waals surface area (Å²) in [6.45, 7) is 4.63. The zero-order chi connectivity index (χ0) is 22.5. The number of amides is 4. The first kappa shape index (κ1) is 25.5. The smallest absolute Gasteiger partial charge is 0.352 e. The quantitative estimate of drug-likeness (QED) is 0.213. The lowest BCUT2D eigenvalue weighted by Gasteiger charge is -2.21. The summed E-state index contributed by atoms with van der Waals surface area (Å²) in [7, 11) is 0. The molecule has 1 aliphatic rings. The Labute approximate surface area is 174 Å². The number of hydrogen-bond donors (Lipinski definition) is 3. The summed E-state index contributed by atoms with van der Waals surface area (Å²) in [5, 5.41) is 5.32. The first-order chi connectivity index (χ1) is 14.3. The van der Waals surface area contributed by atoms with Crippen LogP contribution < -0.4 is 16.4 Å². The van der Waals surface area contributed by atoms with Crippen LogP contribution in [0.2, 0.25) is 0 Å². The van der Waals surface area contributed by atoms with Gasteiger partial charge in [-0.3, -0.25) is 19.2 Å². The second-order valence-electron chi connectivity index (χ2n) is 6.82. The fourth-order valence-electron chi connectivity index (χ4n) is 2.41. The van der Waals surface area contributed by atoms with Crippen molar-refractivity contribution in [2.24, 2.45) is 11.7 Å². The number of hydrogen-bond acceptors (Lipinski definition) is 9. The maximum Gasteiger partial charge on any atom is 0.352 e. The van der Waals surface area contributed by atoms with Crippen LogP contribution in [0.4, 0.5) is 0 Å². The Hall–Kier alpha value is -2.57. The topological polar surface area (TPSA) is 166 Å². The molecular weight excluding hydrogens is 400 g/mol. The van der Waals surface area contributed by atoms with Gasteiger partial charge in [-0.15, -0.1) is 5.06 Å². The fourth-order valence-corrected chi connectivity index (χ4v) is 2.41. The minimum atomic E-state index is -0.967. The van der Waals surface area contributed by atoms with Crippen LogP contribution in [0.15, 0.2) is 0 Å². The SMILES string of the molecule is CC(C)C(NC(=O)CCOCCOCCN)C(=O)NCC(=O)ON1C(=O)CCC1=O. The molecule has 1 fully saturated rings. The van der Waals surface area contributed by atoms with E-state index < -0.39 is 36.3 Å². The molecule has 0 saturated carbocycles. The van der Waals surface area contributed by atoms with Gasteiger partial charge in [-0.05, 0) is 5.92 Å². The molecule has 1 heterocycles. The molecule has 0 aromatic rings. The summed E-state index contributed by atoms with van der Waals surface area (Å²) in [6, 6.07) is -0.881. The second-order valence-corrected chi connectivity index (χ2v) is 6.82. The third-order valence-electron chi connectivity index (χ3n) is 3.98. The average Bonchev–Trinajstić information content (AvgIpc) is 3.01. The summed E-state index contributed by atoms with van der Waals surface area (Å²) >= 11 is 0. The van der Waals surface area contributed by atoms with Gasteiger partial charge in [0, 0.05) is 25.8 Å². The zero-order valence-corrected chi connectivity index (χ0v) is 17.3. The van der Waals surface area contributed by atoms with Crippen LogP contribution in [-0.4, -0.2) is 80.2 Å². The molecule has 0 aliphatic carbocycles. The summed E-state index contributed by atoms with van der Waals surface area (Å²) in [4.78, 5) is 63.7. The van der Waals surface area contributed by atoms with Crippen LogP contribution in [0.1, 0.15) is 33.1 Å². The van der Waals surface area contributed by atoms with Crippen LogP contribution >= 0.6 is 0 Å². The van der Waals surface area contributed by atoms with Gasteiger partial charge < -0.3 is 30.7 Å². The third-order valence-corrected chi connectivity index (χ3v) is 3.98. The maximum absolute atomic E-state index is 12.3. The lowest BCUT2D eigenvalue weighted by molar-refractivity contribution is -0.196. The van der Waals surface area contributed by atoms with Crippen LogP contribution in [-0.2, 0) is 38.3 Å². The molecule has 0 aromatic heterocycles. The summed E-state index contributed by atoms with van der Waals surface area (Å²) < 4.78 is 10.4.